The molecule has 0 aliphatic carbocycles. The highest BCUT2D eigenvalue weighted by molar-refractivity contribution is 5.76. The second kappa shape index (κ2) is 8.33. The number of pyridine rings is 1. The van der Waals surface area contributed by atoms with Crippen LogP contribution < -0.4 is 0 Å². The Morgan fingerprint density at radius 3 is 2.39 bits per heavy atom. The maximum Gasteiger partial charge on any atom is 0.227 e. The molecule has 2 aromatic heterocycles. The molecule has 0 saturated carbocycles. The molecule has 0 bridgehead atoms. The molecule has 1 aromatic carbocycles. The molecule has 0 aliphatic heterocycles. The van der Waals surface area contributed by atoms with E-state index >= 15 is 0 Å². The van der Waals surface area contributed by atoms with E-state index in [-0.39, 0.29) is 11.3 Å². The Labute approximate surface area is 165 Å². The number of carbonyl (C=O) groups excluding carboxylic acids is 1. The fourth-order valence-electron chi connectivity index (χ4n) is 2.85. The van der Waals surface area contributed by atoms with Crippen LogP contribution in [-0.4, -0.2) is 33.0 Å². The van der Waals surface area contributed by atoms with Crippen LogP contribution >= 0.6 is 0 Å². The molecule has 28 heavy (non-hydrogen) atoms. The summed E-state index contributed by atoms with van der Waals surface area (Å²) in [6.45, 7) is 7.15. The molecule has 0 spiro atoms. The second-order valence-corrected chi connectivity index (χ2v) is 7.94. The van der Waals surface area contributed by atoms with Gasteiger partial charge in [0, 0.05) is 44.4 Å². The Bertz CT molecular complexity index is 912. The number of hydrogen-bond acceptors (Lipinski definition) is 5. The van der Waals surface area contributed by atoms with Crippen molar-refractivity contribution in [3.05, 3.63) is 65.8 Å². The van der Waals surface area contributed by atoms with Gasteiger partial charge in [0.1, 0.15) is 0 Å². The van der Waals surface area contributed by atoms with E-state index in [1.165, 1.54) is 5.56 Å². The Morgan fingerprint density at radius 1 is 1.07 bits per heavy atom. The average molecular weight is 378 g/mol. The van der Waals surface area contributed by atoms with Gasteiger partial charge in [0.15, 0.2) is 0 Å². The van der Waals surface area contributed by atoms with Crippen molar-refractivity contribution < 1.29 is 9.32 Å². The van der Waals surface area contributed by atoms with E-state index in [1.807, 2.05) is 19.2 Å². The zero-order valence-electron chi connectivity index (χ0n) is 16.8. The lowest BCUT2D eigenvalue weighted by Gasteiger charge is -2.21. The van der Waals surface area contributed by atoms with Crippen molar-refractivity contribution in [3.63, 3.8) is 0 Å². The van der Waals surface area contributed by atoms with Crippen LogP contribution in [0.5, 0.6) is 0 Å². The van der Waals surface area contributed by atoms with Crippen LogP contribution in [0, 0.1) is 0 Å². The van der Waals surface area contributed by atoms with Gasteiger partial charge in [-0.15, -0.1) is 0 Å². The maximum atomic E-state index is 12.5. The molecule has 6 heteroatoms. The minimum atomic E-state index is 0.0450. The number of carbonyl (C=O) groups is 1. The maximum absolute atomic E-state index is 12.5. The molecule has 0 atom stereocenters. The molecule has 0 radical (unpaired) electrons. The quantitative estimate of drug-likeness (QED) is 0.648. The molecule has 3 rings (SSSR count). The third kappa shape index (κ3) is 5.03. The first kappa shape index (κ1) is 19.7. The molecule has 3 aromatic rings. The Morgan fingerprint density at radius 2 is 1.75 bits per heavy atom. The lowest BCUT2D eigenvalue weighted by Crippen LogP contribution is -2.26. The van der Waals surface area contributed by atoms with E-state index in [0.717, 1.165) is 11.1 Å². The monoisotopic (exact) mass is 378 g/mol. The number of amides is 1. The Hall–Kier alpha value is -3.02. The predicted octanol–water partition coefficient (Wildman–Crippen LogP) is 4.02. The predicted molar refractivity (Wildman–Crippen MR) is 107 cm³/mol. The number of nitrogens with zero attached hydrogens (tertiary/aromatic N) is 4. The summed E-state index contributed by atoms with van der Waals surface area (Å²) in [4.78, 5) is 22.5. The van der Waals surface area contributed by atoms with Crippen LogP contribution in [0.4, 0.5) is 0 Å². The first-order valence-electron chi connectivity index (χ1n) is 9.39. The van der Waals surface area contributed by atoms with Gasteiger partial charge in [-0.25, -0.2) is 0 Å². The Kier molecular flexibility index (Phi) is 5.87. The lowest BCUT2D eigenvalue weighted by molar-refractivity contribution is -0.130. The van der Waals surface area contributed by atoms with E-state index < -0.39 is 0 Å². The summed E-state index contributed by atoms with van der Waals surface area (Å²) in [7, 11) is 1.82. The standard InChI is InChI=1S/C22H26N4O2/c1-22(2,3)18-7-5-16(6-8-18)15-26(4)20(27)10-9-19-24-21(25-28-19)17-11-13-23-14-12-17/h5-8,11-14H,9-10,15H2,1-4H3. The summed E-state index contributed by atoms with van der Waals surface area (Å²) in [6.07, 6.45) is 4.11. The van der Waals surface area contributed by atoms with Gasteiger partial charge in [-0.05, 0) is 28.7 Å². The minimum Gasteiger partial charge on any atom is -0.341 e. The lowest BCUT2D eigenvalue weighted by atomic mass is 9.87. The van der Waals surface area contributed by atoms with Crippen LogP contribution in [0.2, 0.25) is 0 Å². The summed E-state index contributed by atoms with van der Waals surface area (Å²) in [5.74, 6) is 1.02. The Balaban J connectivity index is 1.53. The van der Waals surface area contributed by atoms with Crippen LogP contribution in [0.3, 0.4) is 0 Å². The number of benzene rings is 1. The fourth-order valence-corrected chi connectivity index (χ4v) is 2.85. The van der Waals surface area contributed by atoms with Gasteiger partial charge in [-0.3, -0.25) is 9.78 Å². The van der Waals surface area contributed by atoms with E-state index in [2.05, 4.69) is 60.2 Å². The van der Waals surface area contributed by atoms with Gasteiger partial charge in [-0.2, -0.15) is 4.98 Å². The van der Waals surface area contributed by atoms with Crippen molar-refractivity contribution in [1.29, 1.82) is 0 Å². The molecule has 2 heterocycles. The molecular weight excluding hydrogens is 352 g/mol. The number of rotatable bonds is 6. The molecule has 0 aliphatic rings. The van der Waals surface area contributed by atoms with Crippen molar-refractivity contribution in [1.82, 2.24) is 20.0 Å². The van der Waals surface area contributed by atoms with Gasteiger partial charge in [0.25, 0.3) is 0 Å². The molecule has 0 fully saturated rings. The number of aromatic nitrogens is 3. The van der Waals surface area contributed by atoms with Gasteiger partial charge < -0.3 is 9.42 Å². The molecule has 0 saturated heterocycles. The van der Waals surface area contributed by atoms with Crippen molar-refractivity contribution >= 4 is 5.91 Å². The highest BCUT2D eigenvalue weighted by atomic mass is 16.5. The largest absolute Gasteiger partial charge is 0.341 e. The van der Waals surface area contributed by atoms with Crippen LogP contribution in [0.25, 0.3) is 11.4 Å². The number of hydrogen-bond donors (Lipinski definition) is 0. The number of aryl methyl sites for hydroxylation is 1. The van der Waals surface area contributed by atoms with Crippen molar-refractivity contribution in [2.75, 3.05) is 7.05 Å². The summed E-state index contributed by atoms with van der Waals surface area (Å²) in [5, 5.41) is 3.97. The SMILES string of the molecule is CN(Cc1ccc(C(C)(C)C)cc1)C(=O)CCc1nc(-c2ccncc2)no1. The first-order valence-corrected chi connectivity index (χ1v) is 9.39. The summed E-state index contributed by atoms with van der Waals surface area (Å²) in [6, 6.07) is 12.1. The van der Waals surface area contributed by atoms with E-state index in [1.54, 1.807) is 17.3 Å². The smallest absolute Gasteiger partial charge is 0.227 e. The zero-order chi connectivity index (χ0) is 20.1. The highest BCUT2D eigenvalue weighted by Gasteiger charge is 2.15. The van der Waals surface area contributed by atoms with Gasteiger partial charge in [0.05, 0.1) is 0 Å². The van der Waals surface area contributed by atoms with Crippen molar-refractivity contribution in [3.8, 4) is 11.4 Å². The second-order valence-electron chi connectivity index (χ2n) is 7.94. The first-order chi connectivity index (χ1) is 13.3. The molecule has 1 amide bonds. The van der Waals surface area contributed by atoms with Crippen LogP contribution in [0.15, 0.2) is 53.3 Å². The average Bonchev–Trinajstić information content (AvgIpc) is 3.15. The van der Waals surface area contributed by atoms with Crippen LogP contribution in [0.1, 0.15) is 44.2 Å². The normalized spacial score (nSPS) is 11.4. The third-order valence-corrected chi connectivity index (χ3v) is 4.62. The van der Waals surface area contributed by atoms with Gasteiger partial charge >= 0.3 is 0 Å². The summed E-state index contributed by atoms with van der Waals surface area (Å²) in [5.41, 5.74) is 3.36. The topological polar surface area (TPSA) is 72.1 Å². The van der Waals surface area contributed by atoms with E-state index in [9.17, 15) is 4.79 Å². The fraction of sp³-hybridized carbons (Fsp3) is 0.364. The molecule has 146 valence electrons. The molecule has 0 unspecified atom stereocenters. The van der Waals surface area contributed by atoms with Gasteiger partial charge in [0.2, 0.25) is 17.6 Å². The van der Waals surface area contributed by atoms with Gasteiger partial charge in [-0.1, -0.05) is 50.2 Å². The van der Waals surface area contributed by atoms with E-state index in [0.29, 0.717) is 31.1 Å². The highest BCUT2D eigenvalue weighted by Crippen LogP contribution is 2.22. The summed E-state index contributed by atoms with van der Waals surface area (Å²) >= 11 is 0. The molecule has 6 nitrogen and oxygen atoms in total. The third-order valence-electron chi connectivity index (χ3n) is 4.62. The van der Waals surface area contributed by atoms with Crippen molar-refractivity contribution in [2.24, 2.45) is 0 Å². The van der Waals surface area contributed by atoms with Crippen LogP contribution in [-0.2, 0) is 23.2 Å². The zero-order valence-corrected chi connectivity index (χ0v) is 16.8. The minimum absolute atomic E-state index is 0.0450. The van der Waals surface area contributed by atoms with E-state index in [4.69, 9.17) is 4.52 Å². The van der Waals surface area contributed by atoms with Crippen molar-refractivity contribution in [2.45, 2.75) is 45.6 Å². The molecular formula is C22H26N4O2. The summed E-state index contributed by atoms with van der Waals surface area (Å²) < 4.78 is 5.26. The molecule has 0 N–H and O–H groups in total.